The first-order chi connectivity index (χ1) is 7.61. The highest BCUT2D eigenvalue weighted by Crippen LogP contribution is 2.07. The lowest BCUT2D eigenvalue weighted by atomic mass is 10.3. The van der Waals surface area contributed by atoms with Crippen LogP contribution in [0.5, 0.6) is 0 Å². The minimum atomic E-state index is -2.35. The average molecular weight is 241 g/mol. The average Bonchev–Trinajstić information content (AvgIpc) is 2.36. The van der Waals surface area contributed by atoms with Crippen LogP contribution < -0.4 is 0 Å². The van der Waals surface area contributed by atoms with E-state index in [4.69, 9.17) is 13.6 Å². The third kappa shape index (κ3) is 3.40. The summed E-state index contributed by atoms with van der Waals surface area (Å²) in [4.78, 5) is 15.4. The number of rotatable bonds is 5. The molecule has 0 N–H and O–H groups in total. The van der Waals surface area contributed by atoms with Gasteiger partial charge in [-0.05, 0) is 18.7 Å². The fourth-order valence-corrected chi connectivity index (χ4v) is 1.76. The van der Waals surface area contributed by atoms with Gasteiger partial charge in [-0.15, -0.1) is 0 Å². The molecule has 16 heavy (non-hydrogen) atoms. The van der Waals surface area contributed by atoms with Crippen molar-refractivity contribution in [3.05, 3.63) is 30.1 Å². The van der Waals surface area contributed by atoms with Gasteiger partial charge in [-0.25, -0.2) is 4.79 Å². The van der Waals surface area contributed by atoms with Gasteiger partial charge in [0.15, 0.2) is 0 Å². The summed E-state index contributed by atoms with van der Waals surface area (Å²) in [5, 5.41) is 0. The minimum Gasteiger partial charge on any atom is -0.460 e. The molecule has 1 aromatic rings. The second-order valence-corrected chi connectivity index (χ2v) is 6.73. The van der Waals surface area contributed by atoms with Crippen molar-refractivity contribution in [1.29, 1.82) is 0 Å². The number of nitrogens with zero attached hydrogens (tertiary/aromatic N) is 1. The van der Waals surface area contributed by atoms with Crippen molar-refractivity contribution in [2.75, 3.05) is 20.4 Å². The summed E-state index contributed by atoms with van der Waals surface area (Å²) < 4.78 is 15.5. The molecule has 0 unspecified atom stereocenters. The van der Waals surface area contributed by atoms with Crippen LogP contribution in [0, 0.1) is 0 Å². The van der Waals surface area contributed by atoms with Crippen LogP contribution in [-0.4, -0.2) is 40.0 Å². The first kappa shape index (κ1) is 12.8. The SMILES string of the molecule is CO[Si](C)(COC(=O)c1ccncc1)OC. The molecule has 1 heterocycles. The summed E-state index contributed by atoms with van der Waals surface area (Å²) in [6, 6.07) is 3.20. The smallest absolute Gasteiger partial charge is 0.373 e. The van der Waals surface area contributed by atoms with Gasteiger partial charge in [0.25, 0.3) is 0 Å². The highest BCUT2D eigenvalue weighted by molar-refractivity contribution is 6.66. The van der Waals surface area contributed by atoms with Crippen molar-refractivity contribution < 1.29 is 18.4 Å². The van der Waals surface area contributed by atoms with Crippen LogP contribution in [0.25, 0.3) is 0 Å². The zero-order valence-corrected chi connectivity index (χ0v) is 10.6. The van der Waals surface area contributed by atoms with E-state index in [1.165, 1.54) is 0 Å². The van der Waals surface area contributed by atoms with E-state index in [2.05, 4.69) is 4.98 Å². The molecule has 0 aliphatic rings. The van der Waals surface area contributed by atoms with Crippen LogP contribution >= 0.6 is 0 Å². The van der Waals surface area contributed by atoms with E-state index in [9.17, 15) is 4.79 Å². The molecule has 0 fully saturated rings. The summed E-state index contributed by atoms with van der Waals surface area (Å²) in [7, 11) is 0.751. The van der Waals surface area contributed by atoms with Gasteiger partial charge in [0.2, 0.25) is 0 Å². The molecule has 0 saturated carbocycles. The van der Waals surface area contributed by atoms with Crippen LogP contribution in [0.4, 0.5) is 0 Å². The van der Waals surface area contributed by atoms with Crippen molar-refractivity contribution in [3.63, 3.8) is 0 Å². The normalized spacial score (nSPS) is 11.2. The summed E-state index contributed by atoms with van der Waals surface area (Å²) in [5.41, 5.74) is 0.471. The van der Waals surface area contributed by atoms with E-state index in [0.717, 1.165) is 0 Å². The second kappa shape index (κ2) is 5.74. The van der Waals surface area contributed by atoms with Gasteiger partial charge < -0.3 is 13.6 Å². The first-order valence-corrected chi connectivity index (χ1v) is 7.31. The number of aromatic nitrogens is 1. The molecule has 0 aromatic carbocycles. The quantitative estimate of drug-likeness (QED) is 0.571. The number of esters is 1. The number of hydrogen-bond donors (Lipinski definition) is 0. The van der Waals surface area contributed by atoms with Gasteiger partial charge in [-0.3, -0.25) is 4.98 Å². The lowest BCUT2D eigenvalue weighted by Crippen LogP contribution is -2.42. The maximum absolute atomic E-state index is 11.6. The van der Waals surface area contributed by atoms with Crippen LogP contribution in [0.1, 0.15) is 10.4 Å². The molecule has 0 aliphatic heterocycles. The zero-order valence-electron chi connectivity index (χ0n) is 9.60. The van der Waals surface area contributed by atoms with E-state index >= 15 is 0 Å². The molecule has 0 bridgehead atoms. The molecule has 0 amide bonds. The molecule has 0 atom stereocenters. The lowest BCUT2D eigenvalue weighted by molar-refractivity contribution is 0.0517. The summed E-state index contributed by atoms with van der Waals surface area (Å²) >= 11 is 0. The Morgan fingerprint density at radius 2 is 1.88 bits per heavy atom. The standard InChI is InChI=1S/C10H15NO4Si/c1-13-16(3,14-2)8-15-10(12)9-4-6-11-7-5-9/h4-7H,8H2,1-3H3. The highest BCUT2D eigenvalue weighted by Gasteiger charge is 2.31. The summed E-state index contributed by atoms with van der Waals surface area (Å²) in [6.07, 6.45) is 3.25. The van der Waals surface area contributed by atoms with E-state index in [-0.39, 0.29) is 6.23 Å². The van der Waals surface area contributed by atoms with Crippen LogP contribution in [0.2, 0.25) is 6.55 Å². The topological polar surface area (TPSA) is 57.7 Å². The fraction of sp³-hybridized carbons (Fsp3) is 0.400. The van der Waals surface area contributed by atoms with E-state index in [1.54, 1.807) is 38.7 Å². The number of carbonyl (C=O) groups is 1. The van der Waals surface area contributed by atoms with Gasteiger partial charge in [0.05, 0.1) is 5.56 Å². The molecule has 0 spiro atoms. The maximum atomic E-state index is 11.6. The van der Waals surface area contributed by atoms with Crippen molar-refractivity contribution in [2.45, 2.75) is 6.55 Å². The third-order valence-corrected chi connectivity index (χ3v) is 4.64. The molecule has 0 radical (unpaired) electrons. The Morgan fingerprint density at radius 1 is 1.31 bits per heavy atom. The monoisotopic (exact) mass is 241 g/mol. The molecule has 0 aliphatic carbocycles. The van der Waals surface area contributed by atoms with Crippen molar-refractivity contribution in [3.8, 4) is 0 Å². The number of hydrogen-bond acceptors (Lipinski definition) is 5. The van der Waals surface area contributed by atoms with Gasteiger partial charge in [-0.1, -0.05) is 0 Å². The van der Waals surface area contributed by atoms with Crippen LogP contribution in [0.15, 0.2) is 24.5 Å². The molecule has 1 rings (SSSR count). The first-order valence-electron chi connectivity index (χ1n) is 4.79. The van der Waals surface area contributed by atoms with E-state index in [0.29, 0.717) is 5.56 Å². The predicted molar refractivity (Wildman–Crippen MR) is 60.2 cm³/mol. The molecular formula is C10H15NO4Si. The molecule has 1 aromatic heterocycles. The zero-order chi connectivity index (χ0) is 12.0. The molecule has 6 heteroatoms. The highest BCUT2D eigenvalue weighted by atomic mass is 28.4. The van der Waals surface area contributed by atoms with Gasteiger partial charge in [0, 0.05) is 26.6 Å². The van der Waals surface area contributed by atoms with Gasteiger partial charge in [-0.2, -0.15) is 0 Å². The molecular weight excluding hydrogens is 226 g/mol. The van der Waals surface area contributed by atoms with Crippen LogP contribution in [-0.2, 0) is 13.6 Å². The Hall–Kier alpha value is -1.24. The summed E-state index contributed by atoms with van der Waals surface area (Å²) in [6.45, 7) is 1.83. The third-order valence-electron chi connectivity index (χ3n) is 2.25. The molecule has 5 nitrogen and oxygen atoms in total. The van der Waals surface area contributed by atoms with Crippen LogP contribution in [0.3, 0.4) is 0 Å². The Bertz CT molecular complexity index is 340. The number of ether oxygens (including phenoxy) is 1. The Balaban J connectivity index is 2.54. The maximum Gasteiger partial charge on any atom is 0.373 e. The van der Waals surface area contributed by atoms with Crippen molar-refractivity contribution >= 4 is 14.5 Å². The Kier molecular flexibility index (Phi) is 4.60. The van der Waals surface area contributed by atoms with E-state index < -0.39 is 14.5 Å². The van der Waals surface area contributed by atoms with Gasteiger partial charge in [0.1, 0.15) is 6.23 Å². The number of pyridine rings is 1. The van der Waals surface area contributed by atoms with Gasteiger partial charge >= 0.3 is 14.5 Å². The predicted octanol–water partition coefficient (Wildman–Crippen LogP) is 1.14. The van der Waals surface area contributed by atoms with E-state index in [1.807, 2.05) is 6.55 Å². The number of carbonyl (C=O) groups excluding carboxylic acids is 1. The second-order valence-electron chi connectivity index (χ2n) is 3.35. The molecule has 88 valence electrons. The summed E-state index contributed by atoms with van der Waals surface area (Å²) in [5.74, 6) is -0.393. The largest absolute Gasteiger partial charge is 0.460 e. The Labute approximate surface area is 95.6 Å². The minimum absolute atomic E-state index is 0.168. The van der Waals surface area contributed by atoms with Crippen molar-refractivity contribution in [1.82, 2.24) is 4.98 Å². The molecule has 0 saturated heterocycles. The lowest BCUT2D eigenvalue weighted by Gasteiger charge is -2.21. The fourth-order valence-electron chi connectivity index (χ4n) is 0.969. The van der Waals surface area contributed by atoms with Crippen molar-refractivity contribution in [2.24, 2.45) is 0 Å². The Morgan fingerprint density at radius 3 is 2.38 bits per heavy atom.